The van der Waals surface area contributed by atoms with Crippen LogP contribution in [0, 0.1) is 5.41 Å². The second-order valence-corrected chi connectivity index (χ2v) is 7.20. The monoisotopic (exact) mass is 479 g/mol. The molecule has 0 bridgehead atoms. The van der Waals surface area contributed by atoms with Crippen molar-refractivity contribution in [1.29, 1.82) is 5.41 Å². The number of nitrogens with two attached hydrogens (primary N) is 1. The van der Waals surface area contributed by atoms with Crippen LogP contribution in [-0.4, -0.2) is 50.6 Å². The Labute approximate surface area is 199 Å². The SMILES string of the molecule is C=C(/C=C\C=C(/C)C(F)F)c1nc(Nc2ccncc2C(=O)NCC(N)=NC=N)c2cccn2n1. The molecule has 3 aromatic rings. The molecule has 0 saturated carbocycles. The number of anilines is 2. The van der Waals surface area contributed by atoms with Crippen LogP contribution in [0.15, 0.2) is 72.2 Å². The average molecular weight is 479 g/mol. The number of fused-ring (bicyclic) bond motifs is 1. The van der Waals surface area contributed by atoms with Crippen LogP contribution in [0.25, 0.3) is 11.1 Å². The summed E-state index contributed by atoms with van der Waals surface area (Å²) < 4.78 is 26.9. The van der Waals surface area contributed by atoms with Crippen LogP contribution in [-0.2, 0) is 0 Å². The summed E-state index contributed by atoms with van der Waals surface area (Å²) in [6.07, 6.45) is 7.15. The van der Waals surface area contributed by atoms with Gasteiger partial charge in [-0.2, -0.15) is 0 Å². The minimum Gasteiger partial charge on any atom is -0.386 e. The minimum atomic E-state index is -2.54. The van der Waals surface area contributed by atoms with Crippen molar-refractivity contribution in [3.8, 4) is 0 Å². The maximum absolute atomic E-state index is 12.7. The van der Waals surface area contributed by atoms with E-state index in [-0.39, 0.29) is 29.3 Å². The summed E-state index contributed by atoms with van der Waals surface area (Å²) >= 11 is 0. The molecule has 12 heteroatoms. The van der Waals surface area contributed by atoms with E-state index in [2.05, 4.69) is 37.3 Å². The van der Waals surface area contributed by atoms with Crippen LogP contribution >= 0.6 is 0 Å². The van der Waals surface area contributed by atoms with Gasteiger partial charge in [0.2, 0.25) is 0 Å². The number of carbonyl (C=O) groups excluding carboxylic acids is 1. The molecule has 3 rings (SSSR count). The first-order chi connectivity index (χ1) is 16.8. The molecule has 5 N–H and O–H groups in total. The molecule has 0 aromatic carbocycles. The molecule has 180 valence electrons. The first kappa shape index (κ1) is 24.9. The molecule has 10 nitrogen and oxygen atoms in total. The fourth-order valence-electron chi connectivity index (χ4n) is 2.83. The number of aliphatic imine (C=N–C) groups is 1. The van der Waals surface area contributed by atoms with Gasteiger partial charge in [-0.05, 0) is 30.7 Å². The minimum absolute atomic E-state index is 0.0468. The number of carbonyl (C=O) groups is 1. The molecule has 0 saturated heterocycles. The lowest BCUT2D eigenvalue weighted by molar-refractivity contribution is 0.0959. The lowest BCUT2D eigenvalue weighted by Gasteiger charge is -2.13. The van der Waals surface area contributed by atoms with Gasteiger partial charge in [0.15, 0.2) is 11.6 Å². The van der Waals surface area contributed by atoms with Gasteiger partial charge in [-0.1, -0.05) is 24.8 Å². The first-order valence-electron chi connectivity index (χ1n) is 10.3. The molecule has 1 amide bonds. The highest BCUT2D eigenvalue weighted by Crippen LogP contribution is 2.24. The van der Waals surface area contributed by atoms with Gasteiger partial charge in [0.25, 0.3) is 12.3 Å². The standard InChI is InChI=1S/C23H23F2N9O/c1-14(20(24)25)5-3-6-15(2)21-32-22(18-7-4-10-34(18)33-21)31-17-8-9-28-11-16(17)23(35)29-12-19(27)30-13-26/h3-11,13,20H,2,12H2,1H3,(H,29,35)(H3,26,27,30)(H,28,31,32,33)/b6-3-,14-5+. The van der Waals surface area contributed by atoms with Crippen LogP contribution < -0.4 is 16.4 Å². The highest BCUT2D eigenvalue weighted by atomic mass is 19.3. The summed E-state index contributed by atoms with van der Waals surface area (Å²) in [7, 11) is 0. The van der Waals surface area contributed by atoms with Gasteiger partial charge < -0.3 is 16.4 Å². The smallest absolute Gasteiger partial charge is 0.259 e. The maximum Gasteiger partial charge on any atom is 0.259 e. The number of aromatic nitrogens is 4. The second-order valence-electron chi connectivity index (χ2n) is 7.20. The van der Waals surface area contributed by atoms with Crippen molar-refractivity contribution in [3.63, 3.8) is 0 Å². The number of nitrogens with zero attached hydrogens (tertiary/aromatic N) is 5. The average Bonchev–Trinajstić information content (AvgIpc) is 3.32. The topological polar surface area (TPSA) is 146 Å². The van der Waals surface area contributed by atoms with E-state index in [1.807, 2.05) is 0 Å². The van der Waals surface area contributed by atoms with Gasteiger partial charge in [0.1, 0.15) is 17.7 Å². The van der Waals surface area contributed by atoms with Crippen molar-refractivity contribution in [3.05, 3.63) is 78.6 Å². The molecule has 0 aliphatic heterocycles. The van der Waals surface area contributed by atoms with E-state index in [9.17, 15) is 13.6 Å². The number of nitrogens with one attached hydrogen (secondary N) is 3. The Morgan fingerprint density at radius 1 is 1.40 bits per heavy atom. The van der Waals surface area contributed by atoms with Crippen molar-refractivity contribution < 1.29 is 13.6 Å². The van der Waals surface area contributed by atoms with Crippen molar-refractivity contribution in [1.82, 2.24) is 24.9 Å². The first-order valence-corrected chi connectivity index (χ1v) is 10.3. The summed E-state index contributed by atoms with van der Waals surface area (Å²) in [4.78, 5) is 24.8. The van der Waals surface area contributed by atoms with Crippen molar-refractivity contribution in [2.75, 3.05) is 11.9 Å². The van der Waals surface area contributed by atoms with Crippen LogP contribution in [0.1, 0.15) is 23.1 Å². The maximum atomic E-state index is 12.7. The Bertz CT molecular complexity index is 1340. The molecular weight excluding hydrogens is 456 g/mol. The van der Waals surface area contributed by atoms with Crippen LogP contribution in [0.3, 0.4) is 0 Å². The summed E-state index contributed by atoms with van der Waals surface area (Å²) in [5, 5.41) is 17.1. The van der Waals surface area contributed by atoms with E-state index in [0.29, 0.717) is 22.6 Å². The second kappa shape index (κ2) is 11.4. The zero-order chi connectivity index (χ0) is 25.4. The van der Waals surface area contributed by atoms with Gasteiger partial charge in [-0.3, -0.25) is 15.2 Å². The van der Waals surface area contributed by atoms with E-state index >= 15 is 0 Å². The fraction of sp³-hybridized carbons (Fsp3) is 0.130. The highest BCUT2D eigenvalue weighted by Gasteiger charge is 2.15. The van der Waals surface area contributed by atoms with Crippen LogP contribution in [0.5, 0.6) is 0 Å². The number of amides is 1. The summed E-state index contributed by atoms with van der Waals surface area (Å²) in [5.74, 6) is 0.260. The fourth-order valence-corrected chi connectivity index (χ4v) is 2.83. The van der Waals surface area contributed by atoms with E-state index < -0.39 is 12.3 Å². The van der Waals surface area contributed by atoms with Crippen molar-refractivity contribution in [2.45, 2.75) is 13.3 Å². The van der Waals surface area contributed by atoms with Gasteiger partial charge in [-0.25, -0.2) is 23.3 Å². The third-order valence-electron chi connectivity index (χ3n) is 4.66. The van der Waals surface area contributed by atoms with Gasteiger partial charge >= 0.3 is 0 Å². The normalized spacial score (nSPS) is 12.3. The molecule has 0 aliphatic rings. The van der Waals surface area contributed by atoms with Crippen LogP contribution in [0.2, 0.25) is 0 Å². The lowest BCUT2D eigenvalue weighted by atomic mass is 10.2. The molecule has 0 radical (unpaired) electrons. The molecule has 0 fully saturated rings. The summed E-state index contributed by atoms with van der Waals surface area (Å²) in [5.41, 5.74) is 7.21. The molecule has 0 atom stereocenters. The zero-order valence-corrected chi connectivity index (χ0v) is 18.7. The number of hydrogen-bond acceptors (Lipinski definition) is 6. The number of rotatable bonds is 10. The van der Waals surface area contributed by atoms with Gasteiger partial charge in [0, 0.05) is 24.2 Å². The molecule has 0 aliphatic carbocycles. The van der Waals surface area contributed by atoms with E-state index in [1.165, 1.54) is 37.5 Å². The quantitative estimate of drug-likeness (QED) is 0.199. The Hall–Kier alpha value is -4.74. The van der Waals surface area contributed by atoms with Gasteiger partial charge in [-0.15, -0.1) is 5.10 Å². The summed E-state index contributed by atoms with van der Waals surface area (Å²) in [6.45, 7) is 5.21. The predicted octanol–water partition coefficient (Wildman–Crippen LogP) is 3.34. The largest absolute Gasteiger partial charge is 0.386 e. The molecular formula is C23H23F2N9O. The Balaban J connectivity index is 1.89. The third kappa shape index (κ3) is 6.41. The number of amidine groups is 1. The molecule has 0 unspecified atom stereocenters. The number of allylic oxidation sites excluding steroid dienone is 5. The van der Waals surface area contributed by atoms with Gasteiger partial charge in [0.05, 0.1) is 17.8 Å². The Morgan fingerprint density at radius 2 is 2.20 bits per heavy atom. The molecule has 3 aromatic heterocycles. The lowest BCUT2D eigenvalue weighted by Crippen LogP contribution is -2.34. The number of pyridine rings is 1. The zero-order valence-electron chi connectivity index (χ0n) is 18.7. The predicted molar refractivity (Wildman–Crippen MR) is 131 cm³/mol. The van der Waals surface area contributed by atoms with E-state index in [0.717, 1.165) is 6.34 Å². The Morgan fingerprint density at radius 3 is 2.94 bits per heavy atom. The van der Waals surface area contributed by atoms with Crippen LogP contribution in [0.4, 0.5) is 20.3 Å². The molecule has 3 heterocycles. The van der Waals surface area contributed by atoms with E-state index in [4.69, 9.17) is 11.1 Å². The van der Waals surface area contributed by atoms with Crippen molar-refractivity contribution in [2.24, 2.45) is 10.7 Å². The molecule has 0 spiro atoms. The third-order valence-corrected chi connectivity index (χ3v) is 4.66. The van der Waals surface area contributed by atoms with E-state index in [1.54, 1.807) is 28.9 Å². The summed E-state index contributed by atoms with van der Waals surface area (Å²) in [6, 6.07) is 5.17. The highest BCUT2D eigenvalue weighted by molar-refractivity contribution is 6.02. The number of halogens is 2. The molecule has 35 heavy (non-hydrogen) atoms. The Kier molecular flexibility index (Phi) is 8.11. The number of hydrogen-bond donors (Lipinski definition) is 4. The van der Waals surface area contributed by atoms with Crippen molar-refractivity contribution >= 4 is 40.7 Å². The number of alkyl halides is 2.